The van der Waals surface area contributed by atoms with Gasteiger partial charge in [0.2, 0.25) is 0 Å². The number of nitrogens with zero attached hydrogens (tertiary/aromatic N) is 6. The Morgan fingerprint density at radius 1 is 1.06 bits per heavy atom. The fraction of sp³-hybridized carbons (Fsp3) is 0.500. The van der Waals surface area contributed by atoms with Gasteiger partial charge in [-0.25, -0.2) is 14.8 Å². The molecule has 3 aromatic rings. The molecule has 0 N–H and O–H groups in total. The van der Waals surface area contributed by atoms with E-state index in [4.69, 9.17) is 16.3 Å². The summed E-state index contributed by atoms with van der Waals surface area (Å²) in [7, 11) is 0. The van der Waals surface area contributed by atoms with Crippen LogP contribution in [0.15, 0.2) is 30.5 Å². The second-order valence-electron chi connectivity index (χ2n) is 10.5. The molecule has 0 unspecified atom stereocenters. The molecule has 1 amide bonds. The van der Waals surface area contributed by atoms with Gasteiger partial charge < -0.3 is 4.74 Å². The number of fused-ring (bicyclic) bond motifs is 3. The highest BCUT2D eigenvalue weighted by atomic mass is 35.5. The molecule has 0 bridgehead atoms. The van der Waals surface area contributed by atoms with Crippen molar-refractivity contribution >= 4 is 17.7 Å². The third kappa shape index (κ3) is 5.03. The molecule has 9 heteroatoms. The summed E-state index contributed by atoms with van der Waals surface area (Å²) in [5.41, 5.74) is 2.47. The molecule has 1 aliphatic heterocycles. The van der Waals surface area contributed by atoms with Gasteiger partial charge in [-0.05, 0) is 83.2 Å². The number of halogens is 1. The summed E-state index contributed by atoms with van der Waals surface area (Å²) in [5, 5.41) is 9.81. The Labute approximate surface area is 210 Å². The van der Waals surface area contributed by atoms with E-state index in [9.17, 15) is 4.79 Å². The highest BCUT2D eigenvalue weighted by Crippen LogP contribution is 2.41. The first-order valence-electron chi connectivity index (χ1n) is 12.2. The maximum atomic E-state index is 13.0. The van der Waals surface area contributed by atoms with Crippen LogP contribution in [0.25, 0.3) is 5.69 Å². The van der Waals surface area contributed by atoms with Crippen molar-refractivity contribution in [2.45, 2.75) is 83.9 Å². The average Bonchev–Trinajstić information content (AvgIpc) is 3.13. The van der Waals surface area contributed by atoms with Crippen LogP contribution in [0.5, 0.6) is 0 Å². The van der Waals surface area contributed by atoms with Gasteiger partial charge in [0, 0.05) is 28.7 Å². The highest BCUT2D eigenvalue weighted by molar-refractivity contribution is 6.30. The Morgan fingerprint density at radius 3 is 2.51 bits per heavy atom. The number of hydrogen-bond acceptors (Lipinski definition) is 6. The summed E-state index contributed by atoms with van der Waals surface area (Å²) in [6.45, 7) is 8.26. The van der Waals surface area contributed by atoms with E-state index in [2.05, 4.69) is 24.7 Å². The van der Waals surface area contributed by atoms with Gasteiger partial charge >= 0.3 is 6.09 Å². The minimum atomic E-state index is -0.583. The zero-order valence-electron chi connectivity index (χ0n) is 20.7. The lowest BCUT2D eigenvalue weighted by Crippen LogP contribution is -2.35. The molecule has 1 aliphatic carbocycles. The standard InChI is InChI=1S/C26H31ClN6O2/c1-16-28-12-11-21(29-16)17-5-7-18(8-6-17)24-31-30-23-15-32(25(34)35-26(2,3)4)14-19-13-20(27)9-10-22(19)33(23)24/h9-13,17-18H,5-8,14-15H2,1-4H3. The van der Waals surface area contributed by atoms with E-state index in [0.29, 0.717) is 24.0 Å². The molecular weight excluding hydrogens is 464 g/mol. The van der Waals surface area contributed by atoms with Crippen molar-refractivity contribution in [3.05, 3.63) is 64.2 Å². The zero-order valence-corrected chi connectivity index (χ0v) is 21.4. The van der Waals surface area contributed by atoms with Crippen LogP contribution in [-0.2, 0) is 17.8 Å². The summed E-state index contributed by atoms with van der Waals surface area (Å²) >= 11 is 6.35. The van der Waals surface area contributed by atoms with Gasteiger partial charge in [0.1, 0.15) is 17.2 Å². The smallest absolute Gasteiger partial charge is 0.411 e. The molecule has 2 aromatic heterocycles. The Morgan fingerprint density at radius 2 is 1.80 bits per heavy atom. The third-order valence-corrected chi connectivity index (χ3v) is 6.93. The molecule has 1 saturated carbocycles. The number of benzene rings is 1. The molecule has 35 heavy (non-hydrogen) atoms. The van der Waals surface area contributed by atoms with E-state index in [-0.39, 0.29) is 12.0 Å². The van der Waals surface area contributed by atoms with Crippen LogP contribution in [0, 0.1) is 6.92 Å². The molecule has 1 fully saturated rings. The minimum Gasteiger partial charge on any atom is -0.444 e. The second-order valence-corrected chi connectivity index (χ2v) is 10.9. The molecule has 0 radical (unpaired) electrons. The first-order valence-corrected chi connectivity index (χ1v) is 12.6. The summed E-state index contributed by atoms with van der Waals surface area (Å²) in [4.78, 5) is 23.5. The van der Waals surface area contributed by atoms with Crippen LogP contribution >= 0.6 is 11.6 Å². The van der Waals surface area contributed by atoms with E-state index >= 15 is 0 Å². The Balaban J connectivity index is 1.44. The lowest BCUT2D eigenvalue weighted by molar-refractivity contribution is 0.0214. The third-order valence-electron chi connectivity index (χ3n) is 6.69. The van der Waals surface area contributed by atoms with Crippen molar-refractivity contribution in [2.75, 3.05) is 0 Å². The van der Waals surface area contributed by atoms with Crippen LogP contribution < -0.4 is 0 Å². The number of carbonyl (C=O) groups excluding carboxylic acids is 1. The van der Waals surface area contributed by atoms with Gasteiger partial charge in [0.25, 0.3) is 0 Å². The van der Waals surface area contributed by atoms with Gasteiger partial charge in [0.15, 0.2) is 5.82 Å². The maximum Gasteiger partial charge on any atom is 0.411 e. The molecule has 1 aromatic carbocycles. The molecule has 5 rings (SSSR count). The first kappa shape index (κ1) is 23.7. The molecule has 0 atom stereocenters. The second kappa shape index (κ2) is 9.22. The van der Waals surface area contributed by atoms with Crippen molar-refractivity contribution in [1.29, 1.82) is 0 Å². The van der Waals surface area contributed by atoms with Crippen LogP contribution in [-0.4, -0.2) is 41.3 Å². The van der Waals surface area contributed by atoms with Gasteiger partial charge in [-0.1, -0.05) is 11.6 Å². The maximum absolute atomic E-state index is 13.0. The SMILES string of the molecule is Cc1nccc(C2CCC(c3nnc4n3-c3ccc(Cl)cc3CN(C(=O)OC(C)(C)C)C4)CC2)n1. The monoisotopic (exact) mass is 494 g/mol. The van der Waals surface area contributed by atoms with Crippen LogP contribution in [0.2, 0.25) is 5.02 Å². The normalized spacial score (nSPS) is 20.1. The number of rotatable bonds is 2. The van der Waals surface area contributed by atoms with Crippen molar-refractivity contribution in [3.63, 3.8) is 0 Å². The van der Waals surface area contributed by atoms with Crippen molar-refractivity contribution in [3.8, 4) is 5.69 Å². The number of aryl methyl sites for hydroxylation is 1. The van der Waals surface area contributed by atoms with E-state index < -0.39 is 5.60 Å². The Bertz CT molecular complexity index is 1240. The molecule has 2 aliphatic rings. The van der Waals surface area contributed by atoms with Gasteiger partial charge in [-0.2, -0.15) is 0 Å². The van der Waals surface area contributed by atoms with E-state index in [1.54, 1.807) is 4.90 Å². The van der Waals surface area contributed by atoms with Crippen LogP contribution in [0.4, 0.5) is 4.79 Å². The molecule has 0 spiro atoms. The van der Waals surface area contributed by atoms with Crippen LogP contribution in [0.1, 0.15) is 87.0 Å². The molecule has 3 heterocycles. The summed E-state index contributed by atoms with van der Waals surface area (Å²) < 4.78 is 7.80. The zero-order chi connectivity index (χ0) is 24.7. The predicted octanol–water partition coefficient (Wildman–Crippen LogP) is 5.71. The minimum absolute atomic E-state index is 0.284. The van der Waals surface area contributed by atoms with Gasteiger partial charge in [0.05, 0.1) is 18.8 Å². The number of ether oxygens (including phenoxy) is 1. The highest BCUT2D eigenvalue weighted by Gasteiger charge is 2.33. The quantitative estimate of drug-likeness (QED) is 0.453. The number of hydrogen-bond donors (Lipinski definition) is 0. The lowest BCUT2D eigenvalue weighted by atomic mass is 9.80. The van der Waals surface area contributed by atoms with E-state index in [0.717, 1.165) is 60.1 Å². The molecular formula is C26H31ClN6O2. The van der Waals surface area contributed by atoms with Gasteiger partial charge in [-0.15, -0.1) is 10.2 Å². The Hall–Kier alpha value is -3.00. The molecule has 0 saturated heterocycles. The van der Waals surface area contributed by atoms with Crippen LogP contribution in [0.3, 0.4) is 0 Å². The summed E-state index contributed by atoms with van der Waals surface area (Å²) in [6.07, 6.45) is 5.57. The van der Waals surface area contributed by atoms with Crippen molar-refractivity contribution < 1.29 is 9.53 Å². The van der Waals surface area contributed by atoms with Crippen molar-refractivity contribution in [2.24, 2.45) is 0 Å². The first-order chi connectivity index (χ1) is 16.7. The largest absolute Gasteiger partial charge is 0.444 e. The van der Waals surface area contributed by atoms with Gasteiger partial charge in [-0.3, -0.25) is 9.47 Å². The topological polar surface area (TPSA) is 86.0 Å². The van der Waals surface area contributed by atoms with E-state index in [1.807, 2.05) is 58.2 Å². The summed E-state index contributed by atoms with van der Waals surface area (Å²) in [5.74, 6) is 3.23. The fourth-order valence-corrected chi connectivity index (χ4v) is 5.29. The lowest BCUT2D eigenvalue weighted by Gasteiger charge is -2.28. The average molecular weight is 495 g/mol. The Kier molecular flexibility index (Phi) is 6.25. The molecule has 184 valence electrons. The number of carbonyl (C=O) groups is 1. The molecule has 8 nitrogen and oxygen atoms in total. The van der Waals surface area contributed by atoms with Crippen molar-refractivity contribution in [1.82, 2.24) is 29.6 Å². The number of amides is 1. The fourth-order valence-electron chi connectivity index (χ4n) is 5.10. The summed E-state index contributed by atoms with van der Waals surface area (Å²) in [6, 6.07) is 7.83. The predicted molar refractivity (Wildman–Crippen MR) is 133 cm³/mol. The van der Waals surface area contributed by atoms with E-state index in [1.165, 1.54) is 0 Å². The number of aromatic nitrogens is 5.